The molecule has 0 spiro atoms. The van der Waals surface area contributed by atoms with E-state index in [1.807, 2.05) is 0 Å². The molecule has 0 nitrogen and oxygen atoms in total. The molecule has 2 saturated carbocycles. The Morgan fingerprint density at radius 1 is 1.10 bits per heavy atom. The third-order valence-electron chi connectivity index (χ3n) is 3.17. The van der Waals surface area contributed by atoms with Gasteiger partial charge in [0.1, 0.15) is 0 Å². The summed E-state index contributed by atoms with van der Waals surface area (Å²) in [7, 11) is 0. The van der Waals surface area contributed by atoms with Crippen LogP contribution >= 0.6 is 0 Å². The van der Waals surface area contributed by atoms with Crippen LogP contribution in [-0.2, 0) is 0 Å². The molecule has 2 atom stereocenters. The summed E-state index contributed by atoms with van der Waals surface area (Å²) in [5, 5.41) is 0. The van der Waals surface area contributed by atoms with Gasteiger partial charge in [-0.05, 0) is 37.0 Å². The second-order valence-corrected chi connectivity index (χ2v) is 4.26. The summed E-state index contributed by atoms with van der Waals surface area (Å²) in [6, 6.07) is 0. The fourth-order valence-electron chi connectivity index (χ4n) is 2.84. The Morgan fingerprint density at radius 3 is 2.30 bits per heavy atom. The van der Waals surface area contributed by atoms with Crippen LogP contribution in [0.4, 0.5) is 0 Å². The second-order valence-electron chi connectivity index (χ2n) is 4.26. The van der Waals surface area contributed by atoms with Gasteiger partial charge in [-0.1, -0.05) is 26.2 Å². The smallest absolute Gasteiger partial charge is 0.0300 e. The Morgan fingerprint density at radius 2 is 1.70 bits per heavy atom. The molecule has 0 aliphatic heterocycles. The van der Waals surface area contributed by atoms with Crippen LogP contribution in [0.2, 0.25) is 0 Å². The van der Waals surface area contributed by atoms with Crippen molar-refractivity contribution < 1.29 is 1.37 Å². The predicted octanol–water partition coefficient (Wildman–Crippen LogP) is 3.22. The van der Waals surface area contributed by atoms with Crippen molar-refractivity contribution in [3.05, 3.63) is 0 Å². The minimum absolute atomic E-state index is 0.0754. The molecular formula is C10H18. The largest absolute Gasteiger partial charge is 0.0625 e. The molecule has 0 aromatic rings. The number of rotatable bonds is 0. The van der Waals surface area contributed by atoms with Gasteiger partial charge in [-0.15, -0.1) is 0 Å². The van der Waals surface area contributed by atoms with Crippen LogP contribution in [0.5, 0.6) is 0 Å². The lowest BCUT2D eigenvalue weighted by Gasteiger charge is -2.37. The van der Waals surface area contributed by atoms with Crippen molar-refractivity contribution in [1.29, 1.82) is 0 Å². The van der Waals surface area contributed by atoms with Gasteiger partial charge in [0.25, 0.3) is 0 Å². The zero-order valence-electron chi connectivity index (χ0n) is 7.90. The standard InChI is InChI=1S/C10H18/c1-8-5-9-3-2-4-10(6-8)7-9/h8-10H,2-7H2,1H3/i8D. The van der Waals surface area contributed by atoms with Crippen molar-refractivity contribution in [1.82, 2.24) is 0 Å². The molecule has 0 amide bonds. The normalized spacial score (nSPS) is 55.9. The highest BCUT2D eigenvalue weighted by molar-refractivity contribution is 4.81. The van der Waals surface area contributed by atoms with Crippen molar-refractivity contribution in [2.75, 3.05) is 0 Å². The van der Waals surface area contributed by atoms with E-state index in [-0.39, 0.29) is 5.89 Å². The topological polar surface area (TPSA) is 0 Å². The lowest BCUT2D eigenvalue weighted by atomic mass is 9.69. The zero-order valence-corrected chi connectivity index (χ0v) is 6.90. The van der Waals surface area contributed by atoms with Crippen LogP contribution in [0.15, 0.2) is 0 Å². The Balaban J connectivity index is 2.05. The molecule has 0 N–H and O–H groups in total. The SMILES string of the molecule is [2H]C1(C)CC2CCCC(C2)C1. The molecule has 2 aliphatic rings. The van der Waals surface area contributed by atoms with Crippen molar-refractivity contribution in [2.45, 2.75) is 45.4 Å². The van der Waals surface area contributed by atoms with E-state index < -0.39 is 0 Å². The lowest BCUT2D eigenvalue weighted by molar-refractivity contribution is 0.146. The highest BCUT2D eigenvalue weighted by Crippen LogP contribution is 2.41. The van der Waals surface area contributed by atoms with Crippen LogP contribution in [0.25, 0.3) is 0 Å². The molecule has 2 fully saturated rings. The van der Waals surface area contributed by atoms with Crippen molar-refractivity contribution in [3.8, 4) is 0 Å². The van der Waals surface area contributed by atoms with Gasteiger partial charge in [0, 0.05) is 1.37 Å². The van der Waals surface area contributed by atoms with Crippen molar-refractivity contribution in [3.63, 3.8) is 0 Å². The summed E-state index contributed by atoms with van der Waals surface area (Å²) in [6.45, 7) is 2.12. The maximum absolute atomic E-state index is 8.02. The Bertz CT molecular complexity index is 137. The van der Waals surface area contributed by atoms with E-state index in [0.29, 0.717) is 0 Å². The first-order valence-corrected chi connectivity index (χ1v) is 4.66. The van der Waals surface area contributed by atoms with E-state index in [4.69, 9.17) is 1.37 Å². The van der Waals surface area contributed by atoms with Gasteiger partial charge in [-0.3, -0.25) is 0 Å². The molecule has 0 saturated heterocycles. The van der Waals surface area contributed by atoms with E-state index in [0.717, 1.165) is 11.8 Å². The van der Waals surface area contributed by atoms with Gasteiger partial charge in [0.05, 0.1) is 0 Å². The first-order chi connectivity index (χ1) is 5.16. The summed E-state index contributed by atoms with van der Waals surface area (Å²) < 4.78 is 8.02. The number of hydrogen-bond donors (Lipinski definition) is 0. The Hall–Kier alpha value is 0. The number of fused-ring (bicyclic) bond motifs is 2. The Labute approximate surface area is 65.4 Å². The molecule has 0 aromatic heterocycles. The van der Waals surface area contributed by atoms with Crippen molar-refractivity contribution >= 4 is 0 Å². The van der Waals surface area contributed by atoms with E-state index >= 15 is 0 Å². The molecule has 2 unspecified atom stereocenters. The molecule has 10 heavy (non-hydrogen) atoms. The quantitative estimate of drug-likeness (QED) is 0.483. The summed E-state index contributed by atoms with van der Waals surface area (Å²) in [6.07, 6.45) is 8.03. The Kier molecular flexibility index (Phi) is 1.44. The van der Waals surface area contributed by atoms with E-state index in [1.165, 1.54) is 38.5 Å². The monoisotopic (exact) mass is 139 g/mol. The van der Waals surface area contributed by atoms with Crippen LogP contribution in [0.1, 0.15) is 46.8 Å². The summed E-state index contributed by atoms with van der Waals surface area (Å²) in [5.41, 5.74) is 0. The lowest BCUT2D eigenvalue weighted by Crippen LogP contribution is -2.25. The molecule has 0 heterocycles. The molecule has 58 valence electrons. The molecule has 2 aliphatic carbocycles. The first kappa shape index (κ1) is 5.62. The van der Waals surface area contributed by atoms with E-state index in [9.17, 15) is 0 Å². The summed E-state index contributed by atoms with van der Waals surface area (Å²) >= 11 is 0. The van der Waals surface area contributed by atoms with Crippen LogP contribution in [0, 0.1) is 17.7 Å². The zero-order chi connectivity index (χ0) is 7.90. The molecule has 0 radical (unpaired) electrons. The minimum Gasteiger partial charge on any atom is -0.0625 e. The fourth-order valence-corrected chi connectivity index (χ4v) is 2.84. The average molecular weight is 139 g/mol. The predicted molar refractivity (Wildman–Crippen MR) is 43.8 cm³/mol. The third-order valence-corrected chi connectivity index (χ3v) is 3.17. The highest BCUT2D eigenvalue weighted by atomic mass is 14.3. The van der Waals surface area contributed by atoms with Crippen LogP contribution in [0.3, 0.4) is 0 Å². The van der Waals surface area contributed by atoms with Crippen molar-refractivity contribution in [2.24, 2.45) is 17.7 Å². The third kappa shape index (κ3) is 1.21. The minimum atomic E-state index is -0.0754. The number of hydrogen-bond acceptors (Lipinski definition) is 0. The molecule has 2 bridgehead atoms. The first-order valence-electron chi connectivity index (χ1n) is 5.16. The molecule has 0 aromatic carbocycles. The summed E-state index contributed by atoms with van der Waals surface area (Å²) in [5.74, 6) is 1.74. The van der Waals surface area contributed by atoms with Gasteiger partial charge in [0.15, 0.2) is 0 Å². The van der Waals surface area contributed by atoms with Gasteiger partial charge >= 0.3 is 0 Å². The molecule has 0 heteroatoms. The van der Waals surface area contributed by atoms with Gasteiger partial charge in [-0.25, -0.2) is 0 Å². The average Bonchev–Trinajstić information content (AvgIpc) is 1.82. The van der Waals surface area contributed by atoms with E-state index in [2.05, 4.69) is 6.92 Å². The van der Waals surface area contributed by atoms with Gasteiger partial charge in [-0.2, -0.15) is 0 Å². The van der Waals surface area contributed by atoms with Crippen LogP contribution in [-0.4, -0.2) is 0 Å². The van der Waals surface area contributed by atoms with E-state index in [1.54, 1.807) is 0 Å². The van der Waals surface area contributed by atoms with Gasteiger partial charge < -0.3 is 0 Å². The molecule has 2 rings (SSSR count). The fraction of sp³-hybridized carbons (Fsp3) is 1.00. The highest BCUT2D eigenvalue weighted by Gasteiger charge is 2.29. The second kappa shape index (κ2) is 2.56. The maximum atomic E-state index is 8.02. The maximum Gasteiger partial charge on any atom is 0.0300 e. The molecular weight excluding hydrogens is 120 g/mol. The summed E-state index contributed by atoms with van der Waals surface area (Å²) in [4.78, 5) is 0. The van der Waals surface area contributed by atoms with Crippen LogP contribution < -0.4 is 0 Å². The van der Waals surface area contributed by atoms with Gasteiger partial charge in [0.2, 0.25) is 0 Å².